The largest absolute Gasteiger partial charge is 0.478 e. The molecule has 0 bridgehead atoms. The lowest BCUT2D eigenvalue weighted by atomic mass is 10.2. The van der Waals surface area contributed by atoms with E-state index in [4.69, 9.17) is 9.52 Å². The first-order chi connectivity index (χ1) is 9.06. The number of hydrogen-bond acceptors (Lipinski definition) is 6. The third-order valence-electron chi connectivity index (χ3n) is 2.13. The molecule has 0 aliphatic carbocycles. The lowest BCUT2D eigenvalue weighted by Gasteiger charge is -1.93. The number of carboxylic acids is 1. The summed E-state index contributed by atoms with van der Waals surface area (Å²) in [4.78, 5) is 20.3. The maximum Gasteiger partial charge on any atom is 0.328 e. The Morgan fingerprint density at radius 2 is 2.00 bits per heavy atom. The number of nitro benzene ring substituents is 1. The molecule has 2 aromatic rings. The van der Waals surface area contributed by atoms with E-state index in [1.807, 2.05) is 0 Å². The fourth-order valence-electron chi connectivity index (χ4n) is 1.29. The average molecular weight is 261 g/mol. The van der Waals surface area contributed by atoms with Crippen molar-refractivity contribution in [1.29, 1.82) is 0 Å². The molecule has 0 amide bonds. The molecule has 0 aliphatic heterocycles. The van der Waals surface area contributed by atoms with Crippen LogP contribution in [-0.2, 0) is 4.79 Å². The van der Waals surface area contributed by atoms with E-state index in [1.165, 1.54) is 24.3 Å². The summed E-state index contributed by atoms with van der Waals surface area (Å²) in [6.45, 7) is 0. The molecule has 19 heavy (non-hydrogen) atoms. The van der Waals surface area contributed by atoms with E-state index in [1.54, 1.807) is 0 Å². The number of rotatable bonds is 4. The van der Waals surface area contributed by atoms with Gasteiger partial charge in [0.15, 0.2) is 0 Å². The van der Waals surface area contributed by atoms with E-state index in [-0.39, 0.29) is 17.5 Å². The van der Waals surface area contributed by atoms with Gasteiger partial charge in [-0.05, 0) is 12.1 Å². The van der Waals surface area contributed by atoms with Gasteiger partial charge in [0.2, 0.25) is 11.8 Å². The first-order valence-electron chi connectivity index (χ1n) is 5.05. The van der Waals surface area contributed by atoms with E-state index in [0.29, 0.717) is 5.56 Å². The summed E-state index contributed by atoms with van der Waals surface area (Å²) in [5, 5.41) is 26.3. The lowest BCUT2D eigenvalue weighted by molar-refractivity contribution is -0.384. The van der Waals surface area contributed by atoms with E-state index < -0.39 is 10.9 Å². The van der Waals surface area contributed by atoms with Gasteiger partial charge in [0.1, 0.15) is 0 Å². The monoisotopic (exact) mass is 261 g/mol. The third kappa shape index (κ3) is 3.00. The molecule has 1 heterocycles. The lowest BCUT2D eigenvalue weighted by Crippen LogP contribution is -1.87. The number of carboxylic acid groups (broad SMARTS) is 1. The average Bonchev–Trinajstić information content (AvgIpc) is 2.85. The number of hydrogen-bond donors (Lipinski definition) is 1. The van der Waals surface area contributed by atoms with Crippen molar-refractivity contribution in [3.05, 3.63) is 46.3 Å². The van der Waals surface area contributed by atoms with Gasteiger partial charge in [-0.25, -0.2) is 4.79 Å². The maximum atomic E-state index is 10.5. The zero-order valence-corrected chi connectivity index (χ0v) is 9.39. The van der Waals surface area contributed by atoms with Crippen molar-refractivity contribution in [3.8, 4) is 11.5 Å². The normalized spacial score (nSPS) is 10.7. The van der Waals surface area contributed by atoms with Crippen molar-refractivity contribution in [1.82, 2.24) is 10.2 Å². The maximum absolute atomic E-state index is 10.5. The Morgan fingerprint density at radius 1 is 1.32 bits per heavy atom. The standard InChI is InChI=1S/C11H7N3O5/c15-10(16)6-5-9-12-13-11(19-9)7-1-3-8(4-2-7)14(17)18/h1-6H,(H,15,16). The van der Waals surface area contributed by atoms with E-state index in [0.717, 1.165) is 12.2 Å². The topological polar surface area (TPSA) is 119 Å². The second-order valence-corrected chi connectivity index (χ2v) is 3.42. The number of carbonyl (C=O) groups is 1. The summed E-state index contributed by atoms with van der Waals surface area (Å²) in [5.74, 6) is -0.939. The van der Waals surface area contributed by atoms with Crippen molar-refractivity contribution in [2.45, 2.75) is 0 Å². The second kappa shape index (κ2) is 5.08. The Morgan fingerprint density at radius 3 is 2.58 bits per heavy atom. The molecule has 1 aromatic carbocycles. The SMILES string of the molecule is O=C(O)C=Cc1nnc(-c2ccc([N+](=O)[O-])cc2)o1. The molecule has 0 atom stereocenters. The predicted octanol–water partition coefficient (Wildman–Crippen LogP) is 1.74. The summed E-state index contributed by atoms with van der Waals surface area (Å²) in [6, 6.07) is 5.56. The van der Waals surface area contributed by atoms with Crippen LogP contribution in [0.4, 0.5) is 5.69 Å². The molecule has 2 rings (SSSR count). The summed E-state index contributed by atoms with van der Waals surface area (Å²) < 4.78 is 5.18. The minimum atomic E-state index is -1.13. The van der Waals surface area contributed by atoms with Crippen LogP contribution in [0.2, 0.25) is 0 Å². The zero-order valence-electron chi connectivity index (χ0n) is 9.39. The Hall–Kier alpha value is -3.03. The van der Waals surface area contributed by atoms with Gasteiger partial charge in [-0.15, -0.1) is 10.2 Å². The van der Waals surface area contributed by atoms with Crippen LogP contribution in [0.3, 0.4) is 0 Å². The van der Waals surface area contributed by atoms with E-state index in [2.05, 4.69) is 10.2 Å². The molecule has 0 unspecified atom stereocenters. The molecule has 8 heteroatoms. The third-order valence-corrected chi connectivity index (χ3v) is 2.13. The minimum Gasteiger partial charge on any atom is -0.478 e. The summed E-state index contributed by atoms with van der Waals surface area (Å²) in [5.41, 5.74) is 0.460. The molecule has 0 fully saturated rings. The van der Waals surface area contributed by atoms with Gasteiger partial charge in [-0.2, -0.15) is 0 Å². The van der Waals surface area contributed by atoms with Gasteiger partial charge in [0, 0.05) is 29.8 Å². The summed E-state index contributed by atoms with van der Waals surface area (Å²) in [6.07, 6.45) is 2.03. The van der Waals surface area contributed by atoms with Crippen LogP contribution in [0.15, 0.2) is 34.8 Å². The van der Waals surface area contributed by atoms with E-state index in [9.17, 15) is 14.9 Å². The van der Waals surface area contributed by atoms with Gasteiger partial charge in [0.05, 0.1) is 4.92 Å². The van der Waals surface area contributed by atoms with Crippen molar-refractivity contribution in [2.24, 2.45) is 0 Å². The van der Waals surface area contributed by atoms with Crippen LogP contribution in [0.5, 0.6) is 0 Å². The fraction of sp³-hybridized carbons (Fsp3) is 0. The van der Waals surface area contributed by atoms with Crippen LogP contribution >= 0.6 is 0 Å². The van der Waals surface area contributed by atoms with Crippen LogP contribution in [0, 0.1) is 10.1 Å². The van der Waals surface area contributed by atoms with Crippen LogP contribution in [0.1, 0.15) is 5.89 Å². The van der Waals surface area contributed by atoms with Crippen molar-refractivity contribution < 1.29 is 19.2 Å². The highest BCUT2D eigenvalue weighted by Crippen LogP contribution is 2.21. The number of benzene rings is 1. The molecule has 0 saturated heterocycles. The van der Waals surface area contributed by atoms with Crippen molar-refractivity contribution >= 4 is 17.7 Å². The number of aromatic nitrogens is 2. The molecule has 1 N–H and O–H groups in total. The molecule has 96 valence electrons. The highest BCUT2D eigenvalue weighted by atomic mass is 16.6. The molecular formula is C11H7N3O5. The Bertz CT molecular complexity index is 645. The molecule has 0 spiro atoms. The highest BCUT2D eigenvalue weighted by Gasteiger charge is 2.09. The molecular weight excluding hydrogens is 254 g/mol. The van der Waals surface area contributed by atoms with Gasteiger partial charge in [-0.1, -0.05) is 0 Å². The van der Waals surface area contributed by atoms with Crippen molar-refractivity contribution in [2.75, 3.05) is 0 Å². The first-order valence-corrected chi connectivity index (χ1v) is 5.05. The van der Waals surface area contributed by atoms with Crippen LogP contribution in [0.25, 0.3) is 17.5 Å². The van der Waals surface area contributed by atoms with Crippen LogP contribution < -0.4 is 0 Å². The smallest absolute Gasteiger partial charge is 0.328 e. The zero-order chi connectivity index (χ0) is 13.8. The van der Waals surface area contributed by atoms with Gasteiger partial charge >= 0.3 is 5.97 Å². The number of nitro groups is 1. The quantitative estimate of drug-likeness (QED) is 0.505. The fourth-order valence-corrected chi connectivity index (χ4v) is 1.29. The Kier molecular flexibility index (Phi) is 3.33. The van der Waals surface area contributed by atoms with Crippen LogP contribution in [-0.4, -0.2) is 26.2 Å². The van der Waals surface area contributed by atoms with Gasteiger partial charge in [-0.3, -0.25) is 10.1 Å². The highest BCUT2D eigenvalue weighted by molar-refractivity contribution is 5.84. The first kappa shape index (κ1) is 12.4. The Labute approximate surface area is 106 Å². The van der Waals surface area contributed by atoms with Crippen molar-refractivity contribution in [3.63, 3.8) is 0 Å². The number of nitrogens with zero attached hydrogens (tertiary/aromatic N) is 3. The second-order valence-electron chi connectivity index (χ2n) is 3.42. The molecule has 0 radical (unpaired) electrons. The predicted molar refractivity (Wildman–Crippen MR) is 63.1 cm³/mol. The Balaban J connectivity index is 2.23. The summed E-state index contributed by atoms with van der Waals surface area (Å²) >= 11 is 0. The molecule has 8 nitrogen and oxygen atoms in total. The molecule has 1 aromatic heterocycles. The minimum absolute atomic E-state index is 0.0377. The number of non-ortho nitro benzene ring substituents is 1. The van der Waals surface area contributed by atoms with Gasteiger partial charge in [0.25, 0.3) is 5.69 Å². The van der Waals surface area contributed by atoms with Gasteiger partial charge < -0.3 is 9.52 Å². The number of aliphatic carboxylic acids is 1. The molecule has 0 saturated carbocycles. The van der Waals surface area contributed by atoms with E-state index >= 15 is 0 Å². The summed E-state index contributed by atoms with van der Waals surface area (Å²) in [7, 11) is 0. The molecule has 0 aliphatic rings.